The molecule has 0 spiro atoms. The monoisotopic (exact) mass is 399 g/mol. The zero-order valence-electron chi connectivity index (χ0n) is 15.2. The van der Waals surface area contributed by atoms with Crippen molar-refractivity contribution in [1.29, 1.82) is 0 Å². The van der Waals surface area contributed by atoms with Crippen molar-refractivity contribution < 1.29 is 32.3 Å². The molecular formula is C16H21N3O7S. The van der Waals surface area contributed by atoms with Gasteiger partial charge in [0.2, 0.25) is 5.91 Å². The number of methoxy groups -OCH3 is 2. The van der Waals surface area contributed by atoms with E-state index < -0.39 is 34.4 Å². The van der Waals surface area contributed by atoms with Gasteiger partial charge in [0.15, 0.2) is 11.5 Å². The highest BCUT2D eigenvalue weighted by atomic mass is 32.2. The fraction of sp³-hybridized carbons (Fsp3) is 0.438. The Hall–Kier alpha value is -2.82. The SMILES string of the molecule is CCCCNC(=O)NC(=O)CN1C(=O)c2cc(OC)c(OC)cc2S1(=O)=O. The summed E-state index contributed by atoms with van der Waals surface area (Å²) in [5.74, 6) is -1.49. The molecule has 148 valence electrons. The van der Waals surface area contributed by atoms with Gasteiger partial charge in [0.1, 0.15) is 11.4 Å². The summed E-state index contributed by atoms with van der Waals surface area (Å²) in [7, 11) is -1.57. The van der Waals surface area contributed by atoms with E-state index in [-0.39, 0.29) is 22.0 Å². The van der Waals surface area contributed by atoms with E-state index in [0.717, 1.165) is 18.9 Å². The maximum Gasteiger partial charge on any atom is 0.321 e. The summed E-state index contributed by atoms with van der Waals surface area (Å²) in [5, 5.41) is 4.46. The Balaban J connectivity index is 2.18. The molecule has 1 heterocycles. The van der Waals surface area contributed by atoms with E-state index in [0.29, 0.717) is 10.8 Å². The first-order valence-corrected chi connectivity index (χ1v) is 9.61. The number of carbonyl (C=O) groups is 3. The van der Waals surface area contributed by atoms with Crippen molar-refractivity contribution in [2.75, 3.05) is 27.3 Å². The van der Waals surface area contributed by atoms with Crippen LogP contribution in [0.3, 0.4) is 0 Å². The van der Waals surface area contributed by atoms with Gasteiger partial charge in [-0.2, -0.15) is 0 Å². The van der Waals surface area contributed by atoms with Crippen LogP contribution in [-0.4, -0.2) is 57.9 Å². The van der Waals surface area contributed by atoms with Crippen molar-refractivity contribution >= 4 is 27.9 Å². The largest absolute Gasteiger partial charge is 0.493 e. The highest BCUT2D eigenvalue weighted by molar-refractivity contribution is 7.90. The molecule has 10 nitrogen and oxygen atoms in total. The average molecular weight is 399 g/mol. The van der Waals surface area contributed by atoms with Gasteiger partial charge in [-0.3, -0.25) is 14.9 Å². The average Bonchev–Trinajstić information content (AvgIpc) is 2.81. The van der Waals surface area contributed by atoms with Gasteiger partial charge in [-0.05, 0) is 12.5 Å². The van der Waals surface area contributed by atoms with Crippen molar-refractivity contribution in [3.05, 3.63) is 17.7 Å². The number of urea groups is 1. The number of rotatable bonds is 7. The normalized spacial score (nSPS) is 14.5. The Kier molecular flexibility index (Phi) is 6.26. The number of unbranched alkanes of at least 4 members (excludes halogenated alkanes) is 1. The molecule has 0 saturated heterocycles. The Bertz CT molecular complexity index is 867. The molecule has 1 aliphatic rings. The van der Waals surface area contributed by atoms with E-state index in [1.54, 1.807) is 0 Å². The van der Waals surface area contributed by atoms with Crippen molar-refractivity contribution in [3.8, 4) is 11.5 Å². The van der Waals surface area contributed by atoms with Crippen LogP contribution in [0, 0.1) is 0 Å². The second-order valence-electron chi connectivity index (χ2n) is 5.68. The number of fused-ring (bicyclic) bond motifs is 1. The summed E-state index contributed by atoms with van der Waals surface area (Å²) >= 11 is 0. The third kappa shape index (κ3) is 4.13. The van der Waals surface area contributed by atoms with E-state index in [1.165, 1.54) is 20.3 Å². The lowest BCUT2D eigenvalue weighted by molar-refractivity contribution is -0.119. The minimum atomic E-state index is -4.25. The van der Waals surface area contributed by atoms with Crippen LogP contribution in [0.4, 0.5) is 4.79 Å². The Labute approximate surface area is 156 Å². The predicted octanol–water partition coefficient (Wildman–Crippen LogP) is 0.474. The maximum atomic E-state index is 12.6. The van der Waals surface area contributed by atoms with Crippen LogP contribution in [0.25, 0.3) is 0 Å². The van der Waals surface area contributed by atoms with Gasteiger partial charge in [-0.1, -0.05) is 13.3 Å². The number of nitrogens with one attached hydrogen (secondary N) is 2. The molecule has 11 heteroatoms. The molecule has 0 aromatic heterocycles. The highest BCUT2D eigenvalue weighted by Crippen LogP contribution is 2.38. The molecule has 1 aromatic rings. The van der Waals surface area contributed by atoms with Crippen LogP contribution in [0.15, 0.2) is 17.0 Å². The molecule has 0 aliphatic carbocycles. The van der Waals surface area contributed by atoms with Crippen LogP contribution < -0.4 is 20.1 Å². The molecule has 0 atom stereocenters. The number of hydrogen-bond acceptors (Lipinski definition) is 7. The molecule has 0 saturated carbocycles. The Morgan fingerprint density at radius 3 is 2.37 bits per heavy atom. The van der Waals surface area contributed by atoms with E-state index >= 15 is 0 Å². The van der Waals surface area contributed by atoms with Gasteiger partial charge in [0, 0.05) is 12.6 Å². The van der Waals surface area contributed by atoms with Crippen molar-refractivity contribution in [3.63, 3.8) is 0 Å². The van der Waals surface area contributed by atoms with Gasteiger partial charge in [-0.15, -0.1) is 0 Å². The first-order valence-electron chi connectivity index (χ1n) is 8.17. The molecule has 0 bridgehead atoms. The standard InChI is InChI=1S/C16H21N3O7S/c1-4-5-6-17-16(22)18-14(20)9-19-15(21)10-7-11(25-2)12(26-3)8-13(10)27(19,23)24/h7-8H,4-6,9H2,1-3H3,(H2,17,18,20,22). The smallest absolute Gasteiger partial charge is 0.321 e. The number of carbonyl (C=O) groups excluding carboxylic acids is 3. The second kappa shape index (κ2) is 8.25. The quantitative estimate of drug-likeness (QED) is 0.637. The van der Waals surface area contributed by atoms with Gasteiger partial charge in [0.05, 0.1) is 19.8 Å². The van der Waals surface area contributed by atoms with Gasteiger partial charge in [0.25, 0.3) is 15.9 Å². The van der Waals surface area contributed by atoms with Crippen molar-refractivity contribution in [2.24, 2.45) is 0 Å². The summed E-state index contributed by atoms with van der Waals surface area (Å²) < 4.78 is 35.8. The lowest BCUT2D eigenvalue weighted by Crippen LogP contribution is -2.46. The van der Waals surface area contributed by atoms with E-state index in [2.05, 4.69) is 5.32 Å². The Morgan fingerprint density at radius 1 is 1.15 bits per heavy atom. The third-order valence-electron chi connectivity index (χ3n) is 3.87. The summed E-state index contributed by atoms with van der Waals surface area (Å²) in [6.07, 6.45) is 1.60. The van der Waals surface area contributed by atoms with Crippen molar-refractivity contribution in [1.82, 2.24) is 14.9 Å². The number of benzene rings is 1. The van der Waals surface area contributed by atoms with Gasteiger partial charge in [-0.25, -0.2) is 17.5 Å². The minimum absolute atomic E-state index is 0.132. The first-order chi connectivity index (χ1) is 12.8. The predicted molar refractivity (Wildman–Crippen MR) is 94.2 cm³/mol. The molecule has 0 radical (unpaired) electrons. The third-order valence-corrected chi connectivity index (χ3v) is 5.64. The topological polar surface area (TPSA) is 131 Å². The molecule has 1 aromatic carbocycles. The fourth-order valence-corrected chi connectivity index (χ4v) is 4.00. The van der Waals surface area contributed by atoms with Crippen LogP contribution >= 0.6 is 0 Å². The van der Waals surface area contributed by atoms with Gasteiger partial charge < -0.3 is 14.8 Å². The molecule has 4 amide bonds. The van der Waals surface area contributed by atoms with Gasteiger partial charge >= 0.3 is 6.03 Å². The van der Waals surface area contributed by atoms with Crippen LogP contribution in [0.5, 0.6) is 11.5 Å². The maximum absolute atomic E-state index is 12.6. The zero-order chi connectivity index (χ0) is 20.2. The van der Waals surface area contributed by atoms with Crippen molar-refractivity contribution in [2.45, 2.75) is 24.7 Å². The Morgan fingerprint density at radius 2 is 1.78 bits per heavy atom. The summed E-state index contributed by atoms with van der Waals surface area (Å²) in [4.78, 5) is 35.8. The molecule has 2 rings (SSSR count). The van der Waals surface area contributed by atoms with Crippen LogP contribution in [0.2, 0.25) is 0 Å². The summed E-state index contributed by atoms with van der Waals surface area (Å²) in [6, 6.07) is 1.65. The first kappa shape index (κ1) is 20.5. The zero-order valence-corrected chi connectivity index (χ0v) is 16.0. The molecule has 0 fully saturated rings. The van der Waals surface area contributed by atoms with E-state index in [4.69, 9.17) is 9.47 Å². The van der Waals surface area contributed by atoms with Crippen LogP contribution in [-0.2, 0) is 14.8 Å². The lowest BCUT2D eigenvalue weighted by atomic mass is 10.2. The molecule has 0 unspecified atom stereocenters. The van der Waals surface area contributed by atoms with Crippen LogP contribution in [0.1, 0.15) is 30.1 Å². The van der Waals surface area contributed by atoms with E-state index in [9.17, 15) is 22.8 Å². The number of hydrogen-bond donors (Lipinski definition) is 2. The number of imide groups is 1. The summed E-state index contributed by atoms with van der Waals surface area (Å²) in [5.41, 5.74) is -0.132. The minimum Gasteiger partial charge on any atom is -0.493 e. The number of nitrogens with zero attached hydrogens (tertiary/aromatic N) is 1. The second-order valence-corrected chi connectivity index (χ2v) is 7.51. The molecule has 2 N–H and O–H groups in total. The van der Waals surface area contributed by atoms with E-state index in [1.807, 2.05) is 12.2 Å². The number of amides is 4. The molecule has 1 aliphatic heterocycles. The molecular weight excluding hydrogens is 378 g/mol. The summed E-state index contributed by atoms with van der Waals surface area (Å²) in [6.45, 7) is 1.50. The molecule has 27 heavy (non-hydrogen) atoms. The fourth-order valence-electron chi connectivity index (χ4n) is 2.48. The number of ether oxygens (including phenoxy) is 2. The highest BCUT2D eigenvalue weighted by Gasteiger charge is 2.43. The lowest BCUT2D eigenvalue weighted by Gasteiger charge is -2.14. The number of sulfonamides is 1.